The van der Waals surface area contributed by atoms with Crippen LogP contribution < -0.4 is 14.2 Å². The average Bonchev–Trinajstić information content (AvgIpc) is 3.19. The smallest absolute Gasteiger partial charge is 0.240 e. The molecule has 0 radical (unpaired) electrons. The van der Waals surface area contributed by atoms with Gasteiger partial charge in [-0.05, 0) is 32.9 Å². The first kappa shape index (κ1) is 22.3. The summed E-state index contributed by atoms with van der Waals surface area (Å²) in [6.07, 6.45) is 0.511. The van der Waals surface area contributed by atoms with E-state index in [1.165, 1.54) is 17.7 Å². The monoisotopic (exact) mass is 446 g/mol. The number of nitrogens with zero attached hydrogens (tertiary/aromatic N) is 1. The van der Waals surface area contributed by atoms with Crippen molar-refractivity contribution in [2.24, 2.45) is 0 Å². The van der Waals surface area contributed by atoms with E-state index in [1.807, 2.05) is 38.3 Å². The van der Waals surface area contributed by atoms with Crippen molar-refractivity contribution >= 4 is 21.4 Å². The lowest BCUT2D eigenvalue weighted by Gasteiger charge is -2.13. The average molecular weight is 447 g/mol. The maximum atomic E-state index is 12.7. The lowest BCUT2D eigenvalue weighted by molar-refractivity contribution is 0.287. The van der Waals surface area contributed by atoms with Crippen LogP contribution in [0.15, 0.2) is 52.7 Å². The zero-order chi connectivity index (χ0) is 21.6. The summed E-state index contributed by atoms with van der Waals surface area (Å²) in [5, 5.41) is 2.90. The molecule has 30 heavy (non-hydrogen) atoms. The molecule has 0 aliphatic carbocycles. The number of thiazole rings is 1. The predicted molar refractivity (Wildman–Crippen MR) is 120 cm³/mol. The van der Waals surface area contributed by atoms with Gasteiger partial charge in [-0.25, -0.2) is 18.1 Å². The third-order valence-corrected chi connectivity index (χ3v) is 6.75. The number of hydrogen-bond acceptors (Lipinski definition) is 6. The van der Waals surface area contributed by atoms with Crippen LogP contribution >= 0.6 is 11.3 Å². The quantitative estimate of drug-likeness (QED) is 0.498. The molecule has 3 aromatic rings. The molecule has 0 amide bonds. The molecule has 0 aliphatic heterocycles. The summed E-state index contributed by atoms with van der Waals surface area (Å²) in [6.45, 7) is 6.91. The van der Waals surface area contributed by atoms with Gasteiger partial charge in [-0.15, -0.1) is 11.3 Å². The molecule has 8 heteroatoms. The fourth-order valence-electron chi connectivity index (χ4n) is 2.85. The minimum Gasteiger partial charge on any atom is -0.490 e. The van der Waals surface area contributed by atoms with E-state index in [0.717, 1.165) is 16.3 Å². The SMILES string of the molecule is CCOc1ccc(S(=O)(=O)NCCc2csc(-c3ccc(C)cc3)n2)cc1OCC. The lowest BCUT2D eigenvalue weighted by atomic mass is 10.2. The van der Waals surface area contributed by atoms with Crippen LogP contribution in [-0.4, -0.2) is 33.2 Å². The number of aryl methyl sites for hydroxylation is 1. The van der Waals surface area contributed by atoms with Crippen molar-refractivity contribution in [1.29, 1.82) is 0 Å². The van der Waals surface area contributed by atoms with Crippen molar-refractivity contribution in [2.75, 3.05) is 19.8 Å². The molecule has 0 unspecified atom stereocenters. The molecule has 0 bridgehead atoms. The number of aromatic nitrogens is 1. The van der Waals surface area contributed by atoms with E-state index >= 15 is 0 Å². The summed E-state index contributed by atoms with van der Waals surface area (Å²) in [5.41, 5.74) is 3.13. The second-order valence-electron chi connectivity index (χ2n) is 6.63. The Morgan fingerprint density at radius 3 is 2.40 bits per heavy atom. The molecule has 0 fully saturated rings. The minimum absolute atomic E-state index is 0.146. The molecule has 160 valence electrons. The fraction of sp³-hybridized carbons (Fsp3) is 0.318. The van der Waals surface area contributed by atoms with Crippen LogP contribution in [0.3, 0.4) is 0 Å². The third kappa shape index (κ3) is 5.59. The second-order valence-corrected chi connectivity index (χ2v) is 9.26. The van der Waals surface area contributed by atoms with Crippen LogP contribution in [0.5, 0.6) is 11.5 Å². The highest BCUT2D eigenvalue weighted by atomic mass is 32.2. The van der Waals surface area contributed by atoms with Crippen LogP contribution in [-0.2, 0) is 16.4 Å². The molecule has 3 rings (SSSR count). The Hall–Kier alpha value is -2.42. The molecular formula is C22H26N2O4S2. The number of benzene rings is 2. The van der Waals surface area contributed by atoms with Gasteiger partial charge in [0.2, 0.25) is 10.0 Å². The van der Waals surface area contributed by atoms with Gasteiger partial charge in [0.25, 0.3) is 0 Å². The summed E-state index contributed by atoms with van der Waals surface area (Å²) in [4.78, 5) is 4.77. The van der Waals surface area contributed by atoms with E-state index in [-0.39, 0.29) is 11.4 Å². The van der Waals surface area contributed by atoms with Crippen molar-refractivity contribution in [2.45, 2.75) is 32.1 Å². The van der Waals surface area contributed by atoms with Crippen LogP contribution in [0.25, 0.3) is 10.6 Å². The summed E-state index contributed by atoms with van der Waals surface area (Å²) in [7, 11) is -3.66. The van der Waals surface area contributed by atoms with Crippen molar-refractivity contribution in [3.63, 3.8) is 0 Å². The van der Waals surface area contributed by atoms with Crippen LogP contribution in [0, 0.1) is 6.92 Å². The molecular weight excluding hydrogens is 420 g/mol. The first-order valence-corrected chi connectivity index (χ1v) is 12.2. The van der Waals surface area contributed by atoms with Crippen molar-refractivity contribution in [3.05, 3.63) is 59.1 Å². The third-order valence-electron chi connectivity index (χ3n) is 4.35. The number of hydrogen-bond donors (Lipinski definition) is 1. The van der Waals surface area contributed by atoms with Crippen LogP contribution in [0.4, 0.5) is 0 Å². The molecule has 1 N–H and O–H groups in total. The Morgan fingerprint density at radius 1 is 1.00 bits per heavy atom. The highest BCUT2D eigenvalue weighted by molar-refractivity contribution is 7.89. The molecule has 1 aromatic heterocycles. The Balaban J connectivity index is 1.64. The first-order chi connectivity index (χ1) is 14.4. The topological polar surface area (TPSA) is 77.5 Å². The normalized spacial score (nSPS) is 11.4. The molecule has 6 nitrogen and oxygen atoms in total. The Kier molecular flexibility index (Phi) is 7.47. The highest BCUT2D eigenvalue weighted by Crippen LogP contribution is 2.30. The zero-order valence-electron chi connectivity index (χ0n) is 17.3. The fourth-order valence-corrected chi connectivity index (χ4v) is 4.75. The number of sulfonamides is 1. The molecule has 0 spiro atoms. The maximum Gasteiger partial charge on any atom is 0.240 e. The Morgan fingerprint density at radius 2 is 1.70 bits per heavy atom. The largest absolute Gasteiger partial charge is 0.490 e. The number of rotatable bonds is 10. The Labute approximate surface area is 181 Å². The van der Waals surface area contributed by atoms with Gasteiger partial charge >= 0.3 is 0 Å². The van der Waals surface area contributed by atoms with Gasteiger partial charge in [0.1, 0.15) is 5.01 Å². The first-order valence-electron chi connectivity index (χ1n) is 9.83. The van der Waals surface area contributed by atoms with E-state index in [9.17, 15) is 8.42 Å². The van der Waals surface area contributed by atoms with Crippen LogP contribution in [0.1, 0.15) is 25.1 Å². The predicted octanol–water partition coefficient (Wildman–Crippen LogP) is 4.44. The van der Waals surface area contributed by atoms with Gasteiger partial charge in [-0.3, -0.25) is 0 Å². The van der Waals surface area contributed by atoms with E-state index < -0.39 is 10.0 Å². The molecule has 2 aromatic carbocycles. The van der Waals surface area contributed by atoms with Gasteiger partial charge < -0.3 is 9.47 Å². The van der Waals surface area contributed by atoms with Crippen molar-refractivity contribution < 1.29 is 17.9 Å². The van der Waals surface area contributed by atoms with E-state index in [2.05, 4.69) is 21.8 Å². The van der Waals surface area contributed by atoms with Crippen molar-refractivity contribution in [1.82, 2.24) is 9.71 Å². The maximum absolute atomic E-state index is 12.7. The van der Waals surface area contributed by atoms with Gasteiger partial charge in [-0.2, -0.15) is 0 Å². The summed E-state index contributed by atoms with van der Waals surface area (Å²) in [5.74, 6) is 0.953. The number of ether oxygens (including phenoxy) is 2. The second kappa shape index (κ2) is 10.1. The molecule has 0 saturated heterocycles. The van der Waals surface area contributed by atoms with Crippen molar-refractivity contribution in [3.8, 4) is 22.1 Å². The standard InChI is InChI=1S/C22H26N2O4S2/c1-4-27-20-11-10-19(14-21(20)28-5-2)30(25,26)23-13-12-18-15-29-22(24-18)17-8-6-16(3)7-9-17/h6-11,14-15,23H,4-5,12-13H2,1-3H3. The summed E-state index contributed by atoms with van der Waals surface area (Å²) in [6, 6.07) is 12.8. The molecule has 0 atom stereocenters. The lowest BCUT2D eigenvalue weighted by Crippen LogP contribution is -2.26. The van der Waals surface area contributed by atoms with Gasteiger partial charge in [0, 0.05) is 30.0 Å². The number of nitrogens with one attached hydrogen (secondary N) is 1. The highest BCUT2D eigenvalue weighted by Gasteiger charge is 2.17. The summed E-state index contributed by atoms with van der Waals surface area (Å²) >= 11 is 1.56. The van der Waals surface area contributed by atoms with E-state index in [1.54, 1.807) is 17.4 Å². The zero-order valence-corrected chi connectivity index (χ0v) is 19.0. The molecule has 0 aliphatic rings. The minimum atomic E-state index is -3.66. The van der Waals surface area contributed by atoms with Gasteiger partial charge in [0.05, 0.1) is 23.8 Å². The van der Waals surface area contributed by atoms with E-state index in [0.29, 0.717) is 31.1 Å². The van der Waals surface area contributed by atoms with Gasteiger partial charge in [0.15, 0.2) is 11.5 Å². The molecule has 0 saturated carbocycles. The van der Waals surface area contributed by atoms with E-state index in [4.69, 9.17) is 9.47 Å². The Bertz CT molecular complexity index is 1080. The van der Waals surface area contributed by atoms with Gasteiger partial charge in [-0.1, -0.05) is 29.8 Å². The van der Waals surface area contributed by atoms with Crippen LogP contribution in [0.2, 0.25) is 0 Å². The molecule has 1 heterocycles. The summed E-state index contributed by atoms with van der Waals surface area (Å²) < 4.78 is 39.0.